The number of pyridine rings is 1. The predicted octanol–water partition coefficient (Wildman–Crippen LogP) is 0.557. The number of anilines is 1. The van der Waals surface area contributed by atoms with Gasteiger partial charge in [-0.1, -0.05) is 0 Å². The van der Waals surface area contributed by atoms with Crippen LogP contribution >= 0.6 is 0 Å². The van der Waals surface area contributed by atoms with E-state index < -0.39 is 27.2 Å². The third-order valence-corrected chi connectivity index (χ3v) is 2.72. The molecule has 0 radical (unpaired) electrons. The summed E-state index contributed by atoms with van der Waals surface area (Å²) in [5.74, 6) is 0. The summed E-state index contributed by atoms with van der Waals surface area (Å²) in [7, 11) is -4.14. The first-order chi connectivity index (χ1) is 6.73. The predicted molar refractivity (Wildman–Crippen MR) is 49.7 cm³/mol. The summed E-state index contributed by atoms with van der Waals surface area (Å²) >= 11 is 0. The minimum Gasteiger partial charge on any atom is -0.398 e. The van der Waals surface area contributed by atoms with Gasteiger partial charge in [0.1, 0.15) is 5.69 Å². The van der Waals surface area contributed by atoms with E-state index in [0.717, 1.165) is 6.07 Å². The molecule has 1 rings (SSSR count). The molecule has 84 valence electrons. The van der Waals surface area contributed by atoms with Gasteiger partial charge in [-0.3, -0.25) is 0 Å². The van der Waals surface area contributed by atoms with E-state index in [1.165, 1.54) is 6.92 Å². The van der Waals surface area contributed by atoms with Crippen molar-refractivity contribution in [1.82, 2.24) is 4.98 Å². The zero-order valence-electron chi connectivity index (χ0n) is 7.74. The molecule has 0 aromatic carbocycles. The first-order valence-electron chi connectivity index (χ1n) is 3.81. The molecule has 0 aliphatic carbocycles. The van der Waals surface area contributed by atoms with Gasteiger partial charge in [-0.15, -0.1) is 0 Å². The van der Waals surface area contributed by atoms with Crippen LogP contribution in [-0.2, 0) is 10.0 Å². The number of nitrogens with zero attached hydrogens (tertiary/aromatic N) is 1. The zero-order valence-corrected chi connectivity index (χ0v) is 8.55. The molecule has 1 heterocycles. The Kier molecular flexibility index (Phi) is 2.91. The number of halogens is 2. The first-order valence-corrected chi connectivity index (χ1v) is 5.36. The molecule has 0 unspecified atom stereocenters. The number of hydrogen-bond acceptors (Lipinski definition) is 4. The van der Waals surface area contributed by atoms with Crippen molar-refractivity contribution in [1.29, 1.82) is 0 Å². The van der Waals surface area contributed by atoms with Gasteiger partial charge in [0, 0.05) is 11.3 Å². The van der Waals surface area contributed by atoms with Gasteiger partial charge < -0.3 is 5.73 Å². The molecular weight excluding hydrogens is 228 g/mol. The number of sulfonamides is 1. The van der Waals surface area contributed by atoms with Crippen molar-refractivity contribution < 1.29 is 17.2 Å². The van der Waals surface area contributed by atoms with Crippen LogP contribution in [0.2, 0.25) is 0 Å². The SMILES string of the molecule is Cc1c(N)cc(C(F)F)nc1S(N)(=O)=O. The molecule has 0 saturated carbocycles. The fraction of sp³-hybridized carbons (Fsp3) is 0.286. The highest BCUT2D eigenvalue weighted by Crippen LogP contribution is 2.24. The van der Waals surface area contributed by atoms with Crippen LogP contribution in [0.4, 0.5) is 14.5 Å². The molecule has 5 nitrogen and oxygen atoms in total. The standard InChI is InChI=1S/C7H9F2N3O2S/c1-3-4(10)2-5(6(8)9)12-7(3)15(11,13)14/h2,6H,1H3,(H2,10,12)(H2,11,13,14). The van der Waals surface area contributed by atoms with Gasteiger partial charge in [0.2, 0.25) is 0 Å². The summed E-state index contributed by atoms with van der Waals surface area (Å²) < 4.78 is 46.6. The van der Waals surface area contributed by atoms with Crippen LogP contribution in [0.15, 0.2) is 11.1 Å². The maximum Gasteiger partial charge on any atom is 0.280 e. The summed E-state index contributed by atoms with van der Waals surface area (Å²) in [5.41, 5.74) is 4.65. The van der Waals surface area contributed by atoms with Gasteiger partial charge in [0.25, 0.3) is 16.4 Å². The lowest BCUT2D eigenvalue weighted by atomic mass is 10.2. The molecular formula is C7H9F2N3O2S. The Morgan fingerprint density at radius 1 is 1.47 bits per heavy atom. The minimum absolute atomic E-state index is 0.0712. The Balaban J connectivity index is 3.52. The fourth-order valence-electron chi connectivity index (χ4n) is 1.01. The zero-order chi connectivity index (χ0) is 11.8. The van der Waals surface area contributed by atoms with Crippen molar-refractivity contribution in [3.8, 4) is 0 Å². The molecule has 0 saturated heterocycles. The number of rotatable bonds is 2. The molecule has 0 aliphatic rings. The first kappa shape index (κ1) is 11.8. The maximum absolute atomic E-state index is 12.3. The topological polar surface area (TPSA) is 99.1 Å². The Labute approximate surface area is 85.2 Å². The quantitative estimate of drug-likeness (QED) is 0.784. The van der Waals surface area contributed by atoms with E-state index in [2.05, 4.69) is 4.98 Å². The van der Waals surface area contributed by atoms with Crippen LogP contribution in [-0.4, -0.2) is 13.4 Å². The lowest BCUT2D eigenvalue weighted by Gasteiger charge is -2.08. The van der Waals surface area contributed by atoms with Gasteiger partial charge in [-0.05, 0) is 13.0 Å². The Bertz CT molecular complexity index is 487. The lowest BCUT2D eigenvalue weighted by molar-refractivity contribution is 0.145. The van der Waals surface area contributed by atoms with E-state index in [1.54, 1.807) is 0 Å². The van der Waals surface area contributed by atoms with E-state index in [0.29, 0.717) is 0 Å². The number of hydrogen-bond donors (Lipinski definition) is 2. The van der Waals surface area contributed by atoms with Crippen LogP contribution in [0.1, 0.15) is 17.7 Å². The van der Waals surface area contributed by atoms with E-state index in [-0.39, 0.29) is 11.3 Å². The molecule has 0 aliphatic heterocycles. The molecule has 1 aromatic heterocycles. The summed E-state index contributed by atoms with van der Waals surface area (Å²) in [6.07, 6.45) is -2.90. The summed E-state index contributed by atoms with van der Waals surface area (Å²) in [4.78, 5) is 3.26. The van der Waals surface area contributed by atoms with Crippen molar-refractivity contribution in [2.24, 2.45) is 5.14 Å². The Morgan fingerprint density at radius 2 is 2.00 bits per heavy atom. The van der Waals surface area contributed by atoms with E-state index in [9.17, 15) is 17.2 Å². The molecule has 15 heavy (non-hydrogen) atoms. The van der Waals surface area contributed by atoms with Crippen LogP contribution in [0.3, 0.4) is 0 Å². The lowest BCUT2D eigenvalue weighted by Crippen LogP contribution is -2.17. The van der Waals surface area contributed by atoms with Crippen LogP contribution in [0.25, 0.3) is 0 Å². The second kappa shape index (κ2) is 3.70. The molecule has 0 bridgehead atoms. The Hall–Kier alpha value is -1.28. The summed E-state index contributed by atoms with van der Waals surface area (Å²) in [5, 5.41) is 4.19. The van der Waals surface area contributed by atoms with E-state index in [1.807, 2.05) is 0 Å². The van der Waals surface area contributed by atoms with Gasteiger partial charge in [-0.25, -0.2) is 27.3 Å². The van der Waals surface area contributed by atoms with E-state index >= 15 is 0 Å². The smallest absolute Gasteiger partial charge is 0.280 e. The van der Waals surface area contributed by atoms with Crippen molar-refractivity contribution >= 4 is 15.7 Å². The Morgan fingerprint density at radius 3 is 2.40 bits per heavy atom. The highest BCUT2D eigenvalue weighted by atomic mass is 32.2. The van der Waals surface area contributed by atoms with Gasteiger partial charge in [0.05, 0.1) is 0 Å². The van der Waals surface area contributed by atoms with Crippen LogP contribution in [0.5, 0.6) is 0 Å². The van der Waals surface area contributed by atoms with Crippen molar-refractivity contribution in [3.05, 3.63) is 17.3 Å². The molecule has 0 atom stereocenters. The van der Waals surface area contributed by atoms with E-state index in [4.69, 9.17) is 10.9 Å². The van der Waals surface area contributed by atoms with Crippen molar-refractivity contribution in [3.63, 3.8) is 0 Å². The van der Waals surface area contributed by atoms with Crippen LogP contribution in [0, 0.1) is 6.92 Å². The van der Waals surface area contributed by atoms with Gasteiger partial charge in [-0.2, -0.15) is 0 Å². The maximum atomic E-state index is 12.3. The molecule has 1 aromatic rings. The molecule has 4 N–H and O–H groups in total. The monoisotopic (exact) mass is 237 g/mol. The normalized spacial score (nSPS) is 12.1. The van der Waals surface area contributed by atoms with Crippen molar-refractivity contribution in [2.45, 2.75) is 18.4 Å². The number of primary sulfonamides is 1. The molecule has 0 fully saturated rings. The molecule has 0 amide bonds. The number of nitrogens with two attached hydrogens (primary N) is 2. The molecule has 0 spiro atoms. The number of nitrogen functional groups attached to an aromatic ring is 1. The van der Waals surface area contributed by atoms with Crippen LogP contribution < -0.4 is 10.9 Å². The average molecular weight is 237 g/mol. The summed E-state index contributed by atoms with van der Waals surface area (Å²) in [6.45, 7) is 1.34. The highest BCUT2D eigenvalue weighted by Gasteiger charge is 2.20. The second-order valence-electron chi connectivity index (χ2n) is 2.91. The fourth-order valence-corrected chi connectivity index (χ4v) is 1.79. The molecule has 8 heteroatoms. The largest absolute Gasteiger partial charge is 0.398 e. The third kappa shape index (κ3) is 2.39. The summed E-state index contributed by atoms with van der Waals surface area (Å²) in [6, 6.07) is 0.925. The number of aromatic nitrogens is 1. The number of alkyl halides is 2. The average Bonchev–Trinajstić information content (AvgIpc) is 2.06. The minimum atomic E-state index is -4.14. The van der Waals surface area contributed by atoms with Crippen molar-refractivity contribution in [2.75, 3.05) is 5.73 Å². The third-order valence-electron chi connectivity index (χ3n) is 1.78. The second-order valence-corrected chi connectivity index (χ2v) is 4.39. The highest BCUT2D eigenvalue weighted by molar-refractivity contribution is 7.89. The van der Waals surface area contributed by atoms with Gasteiger partial charge in [0.15, 0.2) is 5.03 Å². The van der Waals surface area contributed by atoms with Gasteiger partial charge >= 0.3 is 0 Å².